The van der Waals surface area contributed by atoms with Crippen LogP contribution in [0.2, 0.25) is 0 Å². The topological polar surface area (TPSA) is 63.1 Å². The van der Waals surface area contributed by atoms with E-state index in [4.69, 9.17) is 15.1 Å². The molecule has 1 heterocycles. The number of carboxylic acid groups (broad SMARTS) is 1. The van der Waals surface area contributed by atoms with Gasteiger partial charge in [-0.2, -0.15) is 0 Å². The Morgan fingerprint density at radius 1 is 1.05 bits per heavy atom. The highest BCUT2D eigenvalue weighted by Gasteiger charge is 2.18. The number of hydrogen-bond acceptors (Lipinski definition) is 3. The summed E-state index contributed by atoms with van der Waals surface area (Å²) >= 11 is 0. The summed E-state index contributed by atoms with van der Waals surface area (Å²) in [6.07, 6.45) is 9.60. The zero-order valence-corrected chi connectivity index (χ0v) is 13.2. The molecule has 1 saturated carbocycles. The summed E-state index contributed by atoms with van der Waals surface area (Å²) in [5.41, 5.74) is 2.92. The molecule has 0 amide bonds. The smallest absolute Gasteiger partial charge is 0.303 e. The maximum Gasteiger partial charge on any atom is 0.303 e. The molecule has 0 aromatic carbocycles. The maximum absolute atomic E-state index is 10.7. The third-order valence-electron chi connectivity index (χ3n) is 4.50. The van der Waals surface area contributed by atoms with Crippen molar-refractivity contribution in [2.24, 2.45) is 0 Å². The standard InChI is InChI=1S/C17H26N2O2/c1-12-15(10-11-16(20)21)13(2)19-17(18-12)14-8-6-4-3-5-7-9-14/h14H,3-11H2,1-2H3,(H,20,21). The highest BCUT2D eigenvalue weighted by Crippen LogP contribution is 2.29. The van der Waals surface area contributed by atoms with Crippen molar-refractivity contribution in [2.45, 2.75) is 77.6 Å². The maximum atomic E-state index is 10.7. The Kier molecular flexibility index (Phi) is 5.71. The van der Waals surface area contributed by atoms with Crippen molar-refractivity contribution in [3.8, 4) is 0 Å². The van der Waals surface area contributed by atoms with Crippen molar-refractivity contribution in [3.63, 3.8) is 0 Å². The van der Waals surface area contributed by atoms with Gasteiger partial charge in [-0.1, -0.05) is 32.1 Å². The van der Waals surface area contributed by atoms with Crippen LogP contribution in [-0.4, -0.2) is 21.0 Å². The van der Waals surface area contributed by atoms with Crippen molar-refractivity contribution in [2.75, 3.05) is 0 Å². The molecule has 1 aromatic rings. The fourth-order valence-corrected chi connectivity index (χ4v) is 3.26. The zero-order valence-electron chi connectivity index (χ0n) is 13.2. The zero-order chi connectivity index (χ0) is 15.2. The Labute approximate surface area is 127 Å². The molecule has 4 heteroatoms. The second-order valence-corrected chi connectivity index (χ2v) is 6.17. The van der Waals surface area contributed by atoms with E-state index in [-0.39, 0.29) is 6.42 Å². The summed E-state index contributed by atoms with van der Waals surface area (Å²) in [7, 11) is 0. The Balaban J connectivity index is 2.15. The number of carboxylic acids is 1. The molecule has 0 atom stereocenters. The fraction of sp³-hybridized carbons (Fsp3) is 0.706. The van der Waals surface area contributed by atoms with E-state index in [9.17, 15) is 4.79 Å². The molecular formula is C17H26N2O2. The van der Waals surface area contributed by atoms with Crippen molar-refractivity contribution < 1.29 is 9.90 Å². The summed E-state index contributed by atoms with van der Waals surface area (Å²) in [4.78, 5) is 20.1. The lowest BCUT2D eigenvalue weighted by Gasteiger charge is -2.20. The average molecular weight is 290 g/mol. The summed E-state index contributed by atoms with van der Waals surface area (Å²) in [5.74, 6) is 0.695. The summed E-state index contributed by atoms with van der Waals surface area (Å²) in [6.45, 7) is 3.97. The molecule has 1 aliphatic carbocycles. The van der Waals surface area contributed by atoms with Crippen LogP contribution in [0.5, 0.6) is 0 Å². The van der Waals surface area contributed by atoms with Gasteiger partial charge >= 0.3 is 5.97 Å². The highest BCUT2D eigenvalue weighted by molar-refractivity contribution is 5.67. The molecule has 1 aromatic heterocycles. The number of rotatable bonds is 4. The Hall–Kier alpha value is -1.45. The molecule has 0 bridgehead atoms. The van der Waals surface area contributed by atoms with Crippen LogP contribution in [-0.2, 0) is 11.2 Å². The van der Waals surface area contributed by atoms with E-state index >= 15 is 0 Å². The van der Waals surface area contributed by atoms with Crippen LogP contribution in [0.4, 0.5) is 0 Å². The molecule has 0 aliphatic heterocycles. The van der Waals surface area contributed by atoms with Gasteiger partial charge in [-0.05, 0) is 38.7 Å². The predicted molar refractivity (Wildman–Crippen MR) is 82.5 cm³/mol. The van der Waals surface area contributed by atoms with Gasteiger partial charge in [0.2, 0.25) is 0 Å². The van der Waals surface area contributed by atoms with E-state index in [1.54, 1.807) is 0 Å². The van der Waals surface area contributed by atoms with E-state index in [1.165, 1.54) is 44.9 Å². The van der Waals surface area contributed by atoms with Crippen LogP contribution in [0, 0.1) is 13.8 Å². The number of aliphatic carboxylic acids is 1. The van der Waals surface area contributed by atoms with Crippen LogP contribution in [0.25, 0.3) is 0 Å². The fourth-order valence-electron chi connectivity index (χ4n) is 3.26. The Morgan fingerprint density at radius 2 is 1.57 bits per heavy atom. The first-order chi connectivity index (χ1) is 10.1. The lowest BCUT2D eigenvalue weighted by molar-refractivity contribution is -0.136. The number of aryl methyl sites for hydroxylation is 2. The van der Waals surface area contributed by atoms with Gasteiger partial charge in [-0.25, -0.2) is 9.97 Å². The molecule has 4 nitrogen and oxygen atoms in total. The first kappa shape index (κ1) is 15.9. The van der Waals surface area contributed by atoms with Crippen LogP contribution in [0.1, 0.15) is 80.1 Å². The first-order valence-electron chi connectivity index (χ1n) is 8.13. The third-order valence-corrected chi connectivity index (χ3v) is 4.50. The highest BCUT2D eigenvalue weighted by atomic mass is 16.4. The SMILES string of the molecule is Cc1nc(C2CCCCCCC2)nc(C)c1CCC(=O)O. The second-order valence-electron chi connectivity index (χ2n) is 6.17. The largest absolute Gasteiger partial charge is 0.481 e. The minimum atomic E-state index is -0.766. The monoisotopic (exact) mass is 290 g/mol. The van der Waals surface area contributed by atoms with Gasteiger partial charge in [0.05, 0.1) is 0 Å². The first-order valence-corrected chi connectivity index (χ1v) is 8.13. The van der Waals surface area contributed by atoms with Gasteiger partial charge < -0.3 is 5.11 Å². The lowest BCUT2D eigenvalue weighted by atomic mass is 9.90. The predicted octanol–water partition coefficient (Wildman–Crippen LogP) is 3.94. The van der Waals surface area contributed by atoms with Crippen LogP contribution >= 0.6 is 0 Å². The lowest BCUT2D eigenvalue weighted by Crippen LogP contribution is -2.12. The van der Waals surface area contributed by atoms with E-state index in [0.29, 0.717) is 12.3 Å². The van der Waals surface area contributed by atoms with Crippen LogP contribution in [0.15, 0.2) is 0 Å². The molecule has 0 spiro atoms. The molecule has 2 rings (SSSR count). The van der Waals surface area contributed by atoms with Crippen molar-refractivity contribution in [1.82, 2.24) is 9.97 Å². The van der Waals surface area contributed by atoms with Crippen molar-refractivity contribution in [1.29, 1.82) is 0 Å². The normalized spacial score (nSPS) is 17.2. The van der Waals surface area contributed by atoms with E-state index < -0.39 is 5.97 Å². The van der Waals surface area contributed by atoms with Gasteiger partial charge in [0.15, 0.2) is 0 Å². The molecule has 21 heavy (non-hydrogen) atoms. The quantitative estimate of drug-likeness (QED) is 0.912. The minimum Gasteiger partial charge on any atom is -0.481 e. The molecule has 1 fully saturated rings. The van der Waals surface area contributed by atoms with E-state index in [1.807, 2.05) is 13.8 Å². The van der Waals surface area contributed by atoms with Crippen LogP contribution in [0.3, 0.4) is 0 Å². The Morgan fingerprint density at radius 3 is 2.10 bits per heavy atom. The summed E-state index contributed by atoms with van der Waals surface area (Å²) < 4.78 is 0. The van der Waals surface area contributed by atoms with Gasteiger partial charge in [0.1, 0.15) is 5.82 Å². The summed E-state index contributed by atoms with van der Waals surface area (Å²) in [6, 6.07) is 0. The molecule has 0 unspecified atom stereocenters. The molecule has 0 saturated heterocycles. The Bertz CT molecular complexity index is 469. The molecule has 0 radical (unpaired) electrons. The second kappa shape index (κ2) is 7.53. The molecule has 1 aliphatic rings. The molecule has 116 valence electrons. The van der Waals surface area contributed by atoms with E-state index in [2.05, 4.69) is 0 Å². The van der Waals surface area contributed by atoms with Gasteiger partial charge in [0, 0.05) is 23.7 Å². The number of carbonyl (C=O) groups is 1. The molecule has 1 N–H and O–H groups in total. The number of aromatic nitrogens is 2. The molecular weight excluding hydrogens is 264 g/mol. The third kappa shape index (κ3) is 4.51. The van der Waals surface area contributed by atoms with Gasteiger partial charge in [-0.3, -0.25) is 4.79 Å². The number of hydrogen-bond donors (Lipinski definition) is 1. The minimum absolute atomic E-state index is 0.147. The van der Waals surface area contributed by atoms with Crippen LogP contribution < -0.4 is 0 Å². The summed E-state index contributed by atoms with van der Waals surface area (Å²) in [5, 5.41) is 8.83. The number of nitrogens with zero attached hydrogens (tertiary/aromatic N) is 2. The van der Waals surface area contributed by atoms with Gasteiger partial charge in [0.25, 0.3) is 0 Å². The van der Waals surface area contributed by atoms with Crippen molar-refractivity contribution in [3.05, 3.63) is 22.8 Å². The van der Waals surface area contributed by atoms with Gasteiger partial charge in [-0.15, -0.1) is 0 Å². The van der Waals surface area contributed by atoms with Crippen molar-refractivity contribution >= 4 is 5.97 Å². The average Bonchev–Trinajstić information content (AvgIpc) is 2.36. The van der Waals surface area contributed by atoms with E-state index in [0.717, 1.165) is 22.8 Å².